The summed E-state index contributed by atoms with van der Waals surface area (Å²) in [6.45, 7) is 0.907. The van der Waals surface area contributed by atoms with Crippen molar-refractivity contribution in [2.24, 2.45) is 0 Å². The standard InChI is InChI=1S/C13H14ClN3O/c14-9-4-6-16-13-11(9)8(7-17-13)12(18)10-3-1-2-5-15-10/h4,6-7,10,15H,1-3,5H2,(H,16,17). The summed E-state index contributed by atoms with van der Waals surface area (Å²) in [7, 11) is 0. The molecule has 0 radical (unpaired) electrons. The van der Waals surface area contributed by atoms with Crippen molar-refractivity contribution in [3.63, 3.8) is 0 Å². The predicted octanol–water partition coefficient (Wildman–Crippen LogP) is 2.54. The maximum atomic E-state index is 12.5. The van der Waals surface area contributed by atoms with Crippen molar-refractivity contribution in [2.75, 3.05) is 6.54 Å². The van der Waals surface area contributed by atoms with E-state index in [-0.39, 0.29) is 11.8 Å². The molecule has 4 nitrogen and oxygen atoms in total. The fraction of sp³-hybridized carbons (Fsp3) is 0.385. The fourth-order valence-corrected chi connectivity index (χ4v) is 2.72. The lowest BCUT2D eigenvalue weighted by Gasteiger charge is -2.21. The molecular weight excluding hydrogens is 250 g/mol. The zero-order valence-corrected chi connectivity index (χ0v) is 10.6. The van der Waals surface area contributed by atoms with Gasteiger partial charge in [-0.15, -0.1) is 0 Å². The van der Waals surface area contributed by atoms with Crippen molar-refractivity contribution in [3.8, 4) is 0 Å². The number of hydrogen-bond acceptors (Lipinski definition) is 3. The molecule has 0 saturated carbocycles. The minimum atomic E-state index is -0.0889. The van der Waals surface area contributed by atoms with Crippen molar-refractivity contribution in [2.45, 2.75) is 25.3 Å². The Morgan fingerprint density at radius 3 is 3.11 bits per heavy atom. The highest BCUT2D eigenvalue weighted by molar-refractivity contribution is 6.36. The van der Waals surface area contributed by atoms with E-state index in [0.29, 0.717) is 16.2 Å². The highest BCUT2D eigenvalue weighted by atomic mass is 35.5. The van der Waals surface area contributed by atoms with E-state index in [1.54, 1.807) is 18.5 Å². The van der Waals surface area contributed by atoms with Gasteiger partial charge in [0, 0.05) is 23.3 Å². The number of nitrogens with zero attached hydrogens (tertiary/aromatic N) is 1. The van der Waals surface area contributed by atoms with Gasteiger partial charge in [-0.05, 0) is 25.5 Å². The topological polar surface area (TPSA) is 57.8 Å². The van der Waals surface area contributed by atoms with Crippen LogP contribution >= 0.6 is 11.6 Å². The van der Waals surface area contributed by atoms with Gasteiger partial charge in [0.2, 0.25) is 0 Å². The van der Waals surface area contributed by atoms with Gasteiger partial charge in [-0.25, -0.2) is 4.98 Å². The molecule has 1 atom stereocenters. The molecule has 18 heavy (non-hydrogen) atoms. The molecule has 1 saturated heterocycles. The van der Waals surface area contributed by atoms with E-state index in [2.05, 4.69) is 15.3 Å². The lowest BCUT2D eigenvalue weighted by atomic mass is 9.96. The van der Waals surface area contributed by atoms with Crippen LogP contribution in [0.2, 0.25) is 5.02 Å². The van der Waals surface area contributed by atoms with Gasteiger partial charge in [-0.3, -0.25) is 4.79 Å². The largest absolute Gasteiger partial charge is 0.345 e. The third-order valence-corrected chi connectivity index (χ3v) is 3.73. The molecule has 2 N–H and O–H groups in total. The fourth-order valence-electron chi connectivity index (χ4n) is 2.47. The summed E-state index contributed by atoms with van der Waals surface area (Å²) in [6, 6.07) is 1.62. The lowest BCUT2D eigenvalue weighted by Crippen LogP contribution is -2.40. The molecule has 0 bridgehead atoms. The average Bonchev–Trinajstić information content (AvgIpc) is 2.84. The Balaban J connectivity index is 2.01. The van der Waals surface area contributed by atoms with Gasteiger partial charge in [0.1, 0.15) is 5.65 Å². The van der Waals surface area contributed by atoms with Crippen molar-refractivity contribution in [3.05, 3.63) is 29.0 Å². The SMILES string of the molecule is O=C(c1c[nH]c2nccc(Cl)c12)C1CCCCN1. The maximum Gasteiger partial charge on any atom is 0.181 e. The number of pyridine rings is 1. The van der Waals surface area contributed by atoms with E-state index in [9.17, 15) is 4.79 Å². The second-order valence-corrected chi connectivity index (χ2v) is 4.99. The Bertz CT molecular complexity index is 587. The van der Waals surface area contributed by atoms with Crippen molar-refractivity contribution in [1.29, 1.82) is 0 Å². The zero-order valence-electron chi connectivity index (χ0n) is 9.87. The van der Waals surface area contributed by atoms with Crippen LogP contribution < -0.4 is 5.32 Å². The Morgan fingerprint density at radius 2 is 2.33 bits per heavy atom. The summed E-state index contributed by atoms with van der Waals surface area (Å²) >= 11 is 6.15. The number of piperidine rings is 1. The normalized spacial score (nSPS) is 20.2. The number of aromatic amines is 1. The van der Waals surface area contributed by atoms with Gasteiger partial charge in [0.25, 0.3) is 0 Å². The number of hydrogen-bond donors (Lipinski definition) is 2. The minimum Gasteiger partial charge on any atom is -0.345 e. The summed E-state index contributed by atoms with van der Waals surface area (Å²) in [4.78, 5) is 19.6. The Morgan fingerprint density at radius 1 is 1.44 bits per heavy atom. The van der Waals surface area contributed by atoms with Gasteiger partial charge in [-0.2, -0.15) is 0 Å². The van der Waals surface area contributed by atoms with E-state index >= 15 is 0 Å². The van der Waals surface area contributed by atoms with E-state index in [1.807, 2.05) is 0 Å². The molecule has 0 aromatic carbocycles. The maximum absolute atomic E-state index is 12.5. The number of carbonyl (C=O) groups excluding carboxylic acids is 1. The number of nitrogens with one attached hydrogen (secondary N) is 2. The number of rotatable bonds is 2. The summed E-state index contributed by atoms with van der Waals surface area (Å²) in [6.07, 6.45) is 6.47. The number of Topliss-reactive ketones (excluding diaryl/α,β-unsaturated/α-hetero) is 1. The van der Waals surface area contributed by atoms with Crippen LogP contribution in [0.3, 0.4) is 0 Å². The highest BCUT2D eigenvalue weighted by Gasteiger charge is 2.25. The van der Waals surface area contributed by atoms with Crippen LogP contribution in [0.15, 0.2) is 18.5 Å². The van der Waals surface area contributed by atoms with E-state index in [4.69, 9.17) is 11.6 Å². The van der Waals surface area contributed by atoms with Crippen molar-refractivity contribution >= 4 is 28.4 Å². The lowest BCUT2D eigenvalue weighted by molar-refractivity contribution is 0.0929. The molecule has 1 fully saturated rings. The van der Waals surface area contributed by atoms with Crippen LogP contribution in [-0.4, -0.2) is 28.3 Å². The van der Waals surface area contributed by atoms with Gasteiger partial charge in [-0.1, -0.05) is 18.0 Å². The predicted molar refractivity (Wildman–Crippen MR) is 71.1 cm³/mol. The van der Waals surface area contributed by atoms with Crippen LogP contribution in [-0.2, 0) is 0 Å². The summed E-state index contributed by atoms with van der Waals surface area (Å²) in [5.74, 6) is 0.107. The zero-order chi connectivity index (χ0) is 12.5. The van der Waals surface area contributed by atoms with Crippen molar-refractivity contribution in [1.82, 2.24) is 15.3 Å². The summed E-state index contributed by atoms with van der Waals surface area (Å²) in [5.41, 5.74) is 1.31. The molecule has 2 aromatic rings. The molecule has 94 valence electrons. The molecule has 3 heterocycles. The quantitative estimate of drug-likeness (QED) is 0.819. The molecule has 0 spiro atoms. The molecule has 3 rings (SSSR count). The van der Waals surface area contributed by atoms with Gasteiger partial charge < -0.3 is 10.3 Å². The van der Waals surface area contributed by atoms with Crippen LogP contribution in [0, 0.1) is 0 Å². The van der Waals surface area contributed by atoms with E-state index < -0.39 is 0 Å². The molecule has 0 aliphatic carbocycles. The first-order chi connectivity index (χ1) is 8.77. The number of fused-ring (bicyclic) bond motifs is 1. The van der Waals surface area contributed by atoms with Crippen LogP contribution in [0.4, 0.5) is 0 Å². The molecule has 1 aliphatic heterocycles. The third-order valence-electron chi connectivity index (χ3n) is 3.41. The van der Waals surface area contributed by atoms with E-state index in [0.717, 1.165) is 31.2 Å². The number of halogens is 1. The van der Waals surface area contributed by atoms with Gasteiger partial charge in [0.05, 0.1) is 11.1 Å². The second kappa shape index (κ2) is 4.71. The van der Waals surface area contributed by atoms with Crippen LogP contribution in [0.1, 0.15) is 29.6 Å². The summed E-state index contributed by atoms with van der Waals surface area (Å²) < 4.78 is 0. The number of H-pyrrole nitrogens is 1. The third kappa shape index (κ3) is 1.91. The first-order valence-electron chi connectivity index (χ1n) is 6.16. The summed E-state index contributed by atoms with van der Waals surface area (Å²) in [5, 5.41) is 4.57. The monoisotopic (exact) mass is 263 g/mol. The first-order valence-corrected chi connectivity index (χ1v) is 6.54. The second-order valence-electron chi connectivity index (χ2n) is 4.59. The van der Waals surface area contributed by atoms with E-state index in [1.165, 1.54) is 0 Å². The van der Waals surface area contributed by atoms with Gasteiger partial charge >= 0.3 is 0 Å². The highest BCUT2D eigenvalue weighted by Crippen LogP contribution is 2.26. The Labute approximate surface area is 110 Å². The Hall–Kier alpha value is -1.39. The molecular formula is C13H14ClN3O. The van der Waals surface area contributed by atoms with Crippen LogP contribution in [0.5, 0.6) is 0 Å². The molecule has 1 unspecified atom stereocenters. The van der Waals surface area contributed by atoms with Crippen molar-refractivity contribution < 1.29 is 4.79 Å². The molecule has 5 heteroatoms. The van der Waals surface area contributed by atoms with Gasteiger partial charge in [0.15, 0.2) is 5.78 Å². The number of ketones is 1. The molecule has 1 aliphatic rings. The number of carbonyl (C=O) groups is 1. The van der Waals surface area contributed by atoms with Crippen LogP contribution in [0.25, 0.3) is 11.0 Å². The minimum absolute atomic E-state index is 0.0889. The molecule has 0 amide bonds. The first kappa shape index (κ1) is 11.7. The number of aromatic nitrogens is 2. The Kier molecular flexibility index (Phi) is 3.06. The average molecular weight is 264 g/mol. The molecule has 2 aromatic heterocycles. The smallest absolute Gasteiger partial charge is 0.181 e.